The summed E-state index contributed by atoms with van der Waals surface area (Å²) in [6, 6.07) is 1.32. The van der Waals surface area contributed by atoms with Crippen LogP contribution in [0.15, 0.2) is 10.5 Å². The molecule has 1 amide bonds. The van der Waals surface area contributed by atoms with Crippen LogP contribution in [-0.4, -0.2) is 36.8 Å². The fourth-order valence-corrected chi connectivity index (χ4v) is 3.75. The molecule has 2 aromatic heterocycles. The average Bonchev–Trinajstić information content (AvgIpc) is 3.11. The zero-order chi connectivity index (χ0) is 21.0. The van der Waals surface area contributed by atoms with Gasteiger partial charge in [-0.2, -0.15) is 0 Å². The number of halogens is 2. The minimum absolute atomic E-state index is 0.00504. The molecule has 0 aliphatic heterocycles. The molecule has 0 unspecified atom stereocenters. The number of esters is 2. The summed E-state index contributed by atoms with van der Waals surface area (Å²) in [6.45, 7) is 3.70. The molecule has 0 aliphatic carbocycles. The summed E-state index contributed by atoms with van der Waals surface area (Å²) in [7, 11) is 0. The van der Waals surface area contributed by atoms with E-state index in [-0.39, 0.29) is 39.3 Å². The Morgan fingerprint density at radius 2 is 1.82 bits per heavy atom. The maximum absolute atomic E-state index is 12.2. The van der Waals surface area contributed by atoms with E-state index in [9.17, 15) is 19.2 Å². The van der Waals surface area contributed by atoms with Crippen LogP contribution in [0.1, 0.15) is 50.7 Å². The lowest BCUT2D eigenvalue weighted by atomic mass is 10.1. The van der Waals surface area contributed by atoms with Crippen LogP contribution in [0, 0.1) is 6.92 Å². The highest BCUT2D eigenvalue weighted by atomic mass is 35.5. The van der Waals surface area contributed by atoms with Crippen molar-refractivity contribution in [2.45, 2.75) is 20.8 Å². The molecule has 0 aromatic carbocycles. The summed E-state index contributed by atoms with van der Waals surface area (Å²) < 4.78 is 15.5. The summed E-state index contributed by atoms with van der Waals surface area (Å²) >= 11 is 12.6. The van der Waals surface area contributed by atoms with Gasteiger partial charge in [-0.3, -0.25) is 14.9 Å². The van der Waals surface area contributed by atoms with Gasteiger partial charge in [-0.25, -0.2) is 9.59 Å². The first-order valence-corrected chi connectivity index (χ1v) is 9.46. The van der Waals surface area contributed by atoms with Gasteiger partial charge in [0.1, 0.15) is 15.7 Å². The van der Waals surface area contributed by atoms with Crippen molar-refractivity contribution in [3.8, 4) is 0 Å². The molecule has 0 radical (unpaired) electrons. The molecular weight excluding hydrogens is 433 g/mol. The third kappa shape index (κ3) is 4.92. The number of Topliss-reactive ketones (excluding diaryl/α,β-unsaturated/α-hetero) is 1. The van der Waals surface area contributed by atoms with Crippen molar-refractivity contribution in [1.29, 1.82) is 0 Å². The Bertz CT molecular complexity index is 948. The van der Waals surface area contributed by atoms with Crippen LogP contribution in [0.2, 0.25) is 8.67 Å². The van der Waals surface area contributed by atoms with Gasteiger partial charge < -0.3 is 13.9 Å². The number of carbonyl (C=O) groups is 4. The van der Waals surface area contributed by atoms with Crippen molar-refractivity contribution in [3.63, 3.8) is 0 Å². The zero-order valence-electron chi connectivity index (χ0n) is 15.0. The van der Waals surface area contributed by atoms with Crippen LogP contribution in [-0.2, 0) is 14.3 Å². The van der Waals surface area contributed by atoms with Gasteiger partial charge in [0.15, 0.2) is 12.4 Å². The molecule has 0 saturated carbocycles. The van der Waals surface area contributed by atoms with E-state index in [1.54, 1.807) is 6.92 Å². The van der Waals surface area contributed by atoms with E-state index < -0.39 is 30.2 Å². The van der Waals surface area contributed by atoms with Crippen molar-refractivity contribution < 1.29 is 33.1 Å². The number of nitrogens with one attached hydrogen (secondary N) is 1. The molecule has 0 saturated heterocycles. The van der Waals surface area contributed by atoms with Crippen LogP contribution < -0.4 is 5.32 Å². The number of hydrogen-bond acceptors (Lipinski definition) is 8. The van der Waals surface area contributed by atoms with Gasteiger partial charge >= 0.3 is 11.9 Å². The molecule has 0 fully saturated rings. The lowest BCUT2D eigenvalue weighted by Crippen LogP contribution is -2.22. The van der Waals surface area contributed by atoms with Gasteiger partial charge in [0.2, 0.25) is 5.88 Å². The van der Waals surface area contributed by atoms with Crippen LogP contribution >= 0.6 is 34.5 Å². The van der Waals surface area contributed by atoms with E-state index in [1.807, 2.05) is 0 Å². The SMILES string of the molecule is CCOC(=O)c1c(NC(=O)COC(=O)c2cc(Cl)sc2Cl)oc(C)c1C(C)=O. The lowest BCUT2D eigenvalue weighted by Gasteiger charge is -2.07. The second kappa shape index (κ2) is 9.22. The Labute approximate surface area is 173 Å². The van der Waals surface area contributed by atoms with E-state index in [4.69, 9.17) is 37.1 Å². The summed E-state index contributed by atoms with van der Waals surface area (Å²) in [6.07, 6.45) is 0. The molecule has 8 nitrogen and oxygen atoms in total. The van der Waals surface area contributed by atoms with Crippen molar-refractivity contribution >= 4 is 64.1 Å². The summed E-state index contributed by atoms with van der Waals surface area (Å²) in [5.41, 5.74) is -0.158. The molecule has 2 aromatic rings. The predicted molar refractivity (Wildman–Crippen MR) is 103 cm³/mol. The number of anilines is 1. The van der Waals surface area contributed by atoms with Crippen LogP contribution in [0.5, 0.6) is 0 Å². The average molecular weight is 448 g/mol. The molecule has 28 heavy (non-hydrogen) atoms. The Balaban J connectivity index is 2.14. The number of amides is 1. The van der Waals surface area contributed by atoms with E-state index in [0.29, 0.717) is 4.34 Å². The highest BCUT2D eigenvalue weighted by Gasteiger charge is 2.29. The first kappa shape index (κ1) is 21.9. The Kier molecular flexibility index (Phi) is 7.22. The highest BCUT2D eigenvalue weighted by Crippen LogP contribution is 2.32. The highest BCUT2D eigenvalue weighted by molar-refractivity contribution is 7.20. The molecular formula is C17H15Cl2NO7S. The molecule has 0 spiro atoms. The quantitative estimate of drug-likeness (QED) is 0.501. The Hall–Kier alpha value is -2.36. The molecule has 2 heterocycles. The first-order valence-electron chi connectivity index (χ1n) is 7.88. The van der Waals surface area contributed by atoms with Gasteiger partial charge in [0.25, 0.3) is 5.91 Å². The van der Waals surface area contributed by atoms with E-state index in [0.717, 1.165) is 11.3 Å². The molecule has 0 bridgehead atoms. The minimum Gasteiger partial charge on any atom is -0.462 e. The topological polar surface area (TPSA) is 112 Å². The number of carbonyl (C=O) groups excluding carboxylic acids is 4. The van der Waals surface area contributed by atoms with Gasteiger partial charge in [0.05, 0.1) is 22.1 Å². The number of ether oxygens (including phenoxy) is 2. The number of thiophene rings is 1. The van der Waals surface area contributed by atoms with Crippen LogP contribution in [0.25, 0.3) is 0 Å². The normalized spacial score (nSPS) is 10.5. The van der Waals surface area contributed by atoms with Gasteiger partial charge in [0, 0.05) is 0 Å². The number of aryl methyl sites for hydroxylation is 1. The molecule has 150 valence electrons. The number of rotatable bonds is 7. The summed E-state index contributed by atoms with van der Waals surface area (Å²) in [5, 5.41) is 2.30. The second-order valence-corrected chi connectivity index (χ2v) is 7.66. The fourth-order valence-electron chi connectivity index (χ4n) is 2.31. The summed E-state index contributed by atoms with van der Waals surface area (Å²) in [5.74, 6) is -3.01. The van der Waals surface area contributed by atoms with Crippen molar-refractivity contribution in [1.82, 2.24) is 0 Å². The minimum atomic E-state index is -0.839. The first-order chi connectivity index (χ1) is 13.1. The van der Waals surface area contributed by atoms with Gasteiger partial charge in [-0.15, -0.1) is 11.3 Å². The zero-order valence-corrected chi connectivity index (χ0v) is 17.3. The summed E-state index contributed by atoms with van der Waals surface area (Å²) in [4.78, 5) is 48.1. The third-order valence-electron chi connectivity index (χ3n) is 3.38. The Morgan fingerprint density at radius 3 is 2.36 bits per heavy atom. The number of ketones is 1. The van der Waals surface area contributed by atoms with E-state index >= 15 is 0 Å². The van der Waals surface area contributed by atoms with Crippen LogP contribution in [0.4, 0.5) is 5.88 Å². The smallest absolute Gasteiger partial charge is 0.344 e. The Morgan fingerprint density at radius 1 is 1.14 bits per heavy atom. The van der Waals surface area contributed by atoms with Crippen molar-refractivity contribution in [2.24, 2.45) is 0 Å². The van der Waals surface area contributed by atoms with Crippen LogP contribution in [0.3, 0.4) is 0 Å². The standard InChI is InChI=1S/C17H15Cl2NO7S/c1-4-25-17(24)13-12(7(2)21)8(3)27-15(13)20-11(22)6-26-16(23)9-5-10(18)28-14(9)19/h5H,4,6H2,1-3H3,(H,20,22). The molecule has 2 rings (SSSR count). The number of hydrogen-bond donors (Lipinski definition) is 1. The number of furan rings is 1. The van der Waals surface area contributed by atoms with Crippen molar-refractivity contribution in [2.75, 3.05) is 18.5 Å². The fraction of sp³-hybridized carbons (Fsp3) is 0.294. The maximum Gasteiger partial charge on any atom is 0.344 e. The largest absolute Gasteiger partial charge is 0.462 e. The lowest BCUT2D eigenvalue weighted by molar-refractivity contribution is -0.119. The molecule has 1 N–H and O–H groups in total. The molecule has 0 atom stereocenters. The second-order valence-electron chi connectivity index (χ2n) is 5.38. The maximum atomic E-state index is 12.2. The van der Waals surface area contributed by atoms with E-state index in [2.05, 4.69) is 5.32 Å². The predicted octanol–water partition coefficient (Wildman–Crippen LogP) is 4.13. The van der Waals surface area contributed by atoms with E-state index in [1.165, 1.54) is 19.9 Å². The van der Waals surface area contributed by atoms with Gasteiger partial charge in [-0.1, -0.05) is 23.2 Å². The molecule has 11 heteroatoms. The van der Waals surface area contributed by atoms with Crippen molar-refractivity contribution in [3.05, 3.63) is 37.2 Å². The monoisotopic (exact) mass is 447 g/mol. The van der Waals surface area contributed by atoms with Gasteiger partial charge in [-0.05, 0) is 26.8 Å². The third-order valence-corrected chi connectivity index (χ3v) is 4.87. The molecule has 0 aliphatic rings.